The fourth-order valence-corrected chi connectivity index (χ4v) is 1.60. The van der Waals surface area contributed by atoms with Crippen molar-refractivity contribution in [1.82, 2.24) is 19.9 Å². The van der Waals surface area contributed by atoms with Crippen LogP contribution in [-0.2, 0) is 0 Å². The largest absolute Gasteiger partial charge is 0.396 e. The standard InChI is InChI=1S/C10H15N5O/c1-2-7(3-4-16)15-10-8-9(12-5-11-8)13-6-14-10/h5-7,16H,2-4H2,1H3,(H2,11,12,13,14,15). The Balaban J connectivity index is 2.22. The molecule has 3 N–H and O–H groups in total. The molecule has 0 spiro atoms. The first kappa shape index (κ1) is 10.8. The molecule has 0 bridgehead atoms. The number of aromatic nitrogens is 4. The number of hydrogen-bond acceptors (Lipinski definition) is 5. The van der Waals surface area contributed by atoms with E-state index in [1.807, 2.05) is 0 Å². The van der Waals surface area contributed by atoms with Crippen molar-refractivity contribution in [3.05, 3.63) is 12.7 Å². The lowest BCUT2D eigenvalue weighted by Crippen LogP contribution is -2.20. The van der Waals surface area contributed by atoms with Gasteiger partial charge < -0.3 is 15.4 Å². The van der Waals surface area contributed by atoms with Gasteiger partial charge in [-0.15, -0.1) is 0 Å². The van der Waals surface area contributed by atoms with E-state index in [-0.39, 0.29) is 12.6 Å². The average molecular weight is 221 g/mol. The van der Waals surface area contributed by atoms with Crippen molar-refractivity contribution in [1.29, 1.82) is 0 Å². The predicted octanol–water partition coefficient (Wildman–Crippen LogP) is 0.926. The van der Waals surface area contributed by atoms with Gasteiger partial charge in [0.05, 0.1) is 6.33 Å². The fourth-order valence-electron chi connectivity index (χ4n) is 1.60. The Labute approximate surface area is 93.1 Å². The number of aromatic amines is 1. The minimum Gasteiger partial charge on any atom is -0.396 e. The fraction of sp³-hybridized carbons (Fsp3) is 0.500. The van der Waals surface area contributed by atoms with E-state index < -0.39 is 0 Å². The lowest BCUT2D eigenvalue weighted by atomic mass is 10.1. The number of nitrogens with one attached hydrogen (secondary N) is 2. The Kier molecular flexibility index (Phi) is 3.31. The highest BCUT2D eigenvalue weighted by Crippen LogP contribution is 2.16. The van der Waals surface area contributed by atoms with Gasteiger partial charge in [-0.25, -0.2) is 15.0 Å². The number of nitrogens with zero attached hydrogens (tertiary/aromatic N) is 3. The molecule has 0 fully saturated rings. The first-order valence-electron chi connectivity index (χ1n) is 5.36. The molecule has 16 heavy (non-hydrogen) atoms. The zero-order valence-corrected chi connectivity index (χ0v) is 9.14. The van der Waals surface area contributed by atoms with Gasteiger partial charge in [-0.2, -0.15) is 0 Å². The average Bonchev–Trinajstić information content (AvgIpc) is 2.77. The molecule has 1 atom stereocenters. The van der Waals surface area contributed by atoms with Gasteiger partial charge in [0, 0.05) is 12.6 Å². The summed E-state index contributed by atoms with van der Waals surface area (Å²) in [5, 5.41) is 12.2. The molecule has 86 valence electrons. The lowest BCUT2D eigenvalue weighted by molar-refractivity contribution is 0.278. The second-order valence-electron chi connectivity index (χ2n) is 3.59. The van der Waals surface area contributed by atoms with E-state index in [1.54, 1.807) is 6.33 Å². The van der Waals surface area contributed by atoms with Crippen LogP contribution in [0.2, 0.25) is 0 Å². The van der Waals surface area contributed by atoms with Gasteiger partial charge in [0.15, 0.2) is 11.5 Å². The quantitative estimate of drug-likeness (QED) is 0.699. The van der Waals surface area contributed by atoms with E-state index in [4.69, 9.17) is 5.11 Å². The molecule has 1 unspecified atom stereocenters. The normalized spacial score (nSPS) is 12.9. The number of aliphatic hydroxyl groups excluding tert-OH is 1. The molecule has 0 saturated heterocycles. The summed E-state index contributed by atoms with van der Waals surface area (Å²) < 4.78 is 0. The summed E-state index contributed by atoms with van der Waals surface area (Å²) in [4.78, 5) is 15.3. The first-order chi connectivity index (χ1) is 7.85. The Bertz CT molecular complexity index is 455. The van der Waals surface area contributed by atoms with Gasteiger partial charge in [0.25, 0.3) is 0 Å². The van der Waals surface area contributed by atoms with Crippen LogP contribution in [-0.4, -0.2) is 37.7 Å². The monoisotopic (exact) mass is 221 g/mol. The summed E-state index contributed by atoms with van der Waals surface area (Å²) in [6.45, 7) is 2.24. The summed E-state index contributed by atoms with van der Waals surface area (Å²) in [6, 6.07) is 0.214. The number of fused-ring (bicyclic) bond motifs is 1. The molecule has 0 aromatic carbocycles. The Hall–Kier alpha value is -1.69. The third-order valence-corrected chi connectivity index (χ3v) is 2.53. The number of hydrogen-bond donors (Lipinski definition) is 3. The summed E-state index contributed by atoms with van der Waals surface area (Å²) >= 11 is 0. The molecule has 2 aromatic heterocycles. The molecule has 0 amide bonds. The Morgan fingerprint density at radius 2 is 2.31 bits per heavy atom. The van der Waals surface area contributed by atoms with Crippen LogP contribution in [0, 0.1) is 0 Å². The summed E-state index contributed by atoms with van der Waals surface area (Å²) in [5.41, 5.74) is 1.45. The van der Waals surface area contributed by atoms with Crippen LogP contribution in [0.5, 0.6) is 0 Å². The van der Waals surface area contributed by atoms with Crippen LogP contribution in [0.1, 0.15) is 19.8 Å². The highest BCUT2D eigenvalue weighted by Gasteiger charge is 2.10. The molecule has 2 rings (SSSR count). The summed E-state index contributed by atoms with van der Waals surface area (Å²) in [7, 11) is 0. The molecule has 2 aromatic rings. The molecular formula is C10H15N5O. The maximum absolute atomic E-state index is 8.93. The number of anilines is 1. The van der Waals surface area contributed by atoms with Gasteiger partial charge in [0.1, 0.15) is 11.8 Å². The number of imidazole rings is 1. The van der Waals surface area contributed by atoms with Crippen molar-refractivity contribution < 1.29 is 5.11 Å². The maximum Gasteiger partial charge on any atom is 0.182 e. The lowest BCUT2D eigenvalue weighted by Gasteiger charge is -2.16. The zero-order chi connectivity index (χ0) is 11.4. The molecule has 0 aliphatic heterocycles. The maximum atomic E-state index is 8.93. The van der Waals surface area contributed by atoms with E-state index in [1.165, 1.54) is 6.33 Å². The van der Waals surface area contributed by atoms with Crippen molar-refractivity contribution >= 4 is 17.0 Å². The van der Waals surface area contributed by atoms with Crippen LogP contribution in [0.25, 0.3) is 11.2 Å². The van der Waals surface area contributed by atoms with Crippen LogP contribution in [0.3, 0.4) is 0 Å². The second-order valence-corrected chi connectivity index (χ2v) is 3.59. The molecule has 0 aliphatic rings. The molecule has 0 aliphatic carbocycles. The minimum atomic E-state index is 0.169. The van der Waals surface area contributed by atoms with Gasteiger partial charge in [-0.3, -0.25) is 0 Å². The van der Waals surface area contributed by atoms with Gasteiger partial charge >= 0.3 is 0 Å². The van der Waals surface area contributed by atoms with Crippen molar-refractivity contribution in [2.24, 2.45) is 0 Å². The number of H-pyrrole nitrogens is 1. The summed E-state index contributed by atoms with van der Waals surface area (Å²) in [6.07, 6.45) is 4.71. The van der Waals surface area contributed by atoms with Gasteiger partial charge in [-0.1, -0.05) is 6.92 Å². The second kappa shape index (κ2) is 4.89. The molecule has 2 heterocycles. The first-order valence-corrected chi connectivity index (χ1v) is 5.36. The van der Waals surface area contributed by atoms with Crippen LogP contribution in [0.15, 0.2) is 12.7 Å². The predicted molar refractivity (Wildman–Crippen MR) is 61.1 cm³/mol. The van der Waals surface area contributed by atoms with Crippen molar-refractivity contribution in [3.8, 4) is 0 Å². The van der Waals surface area contributed by atoms with E-state index >= 15 is 0 Å². The minimum absolute atomic E-state index is 0.169. The van der Waals surface area contributed by atoms with Crippen molar-refractivity contribution in [2.45, 2.75) is 25.8 Å². The third-order valence-electron chi connectivity index (χ3n) is 2.53. The van der Waals surface area contributed by atoms with E-state index in [9.17, 15) is 0 Å². The Morgan fingerprint density at radius 3 is 3.06 bits per heavy atom. The van der Waals surface area contributed by atoms with E-state index in [0.29, 0.717) is 12.1 Å². The number of rotatable bonds is 5. The molecule has 0 radical (unpaired) electrons. The van der Waals surface area contributed by atoms with E-state index in [0.717, 1.165) is 17.8 Å². The highest BCUT2D eigenvalue weighted by atomic mass is 16.3. The zero-order valence-electron chi connectivity index (χ0n) is 9.14. The molecule has 0 saturated carbocycles. The SMILES string of the molecule is CCC(CCO)Nc1ncnc2nc[nH]c12. The molecular weight excluding hydrogens is 206 g/mol. The number of aliphatic hydroxyl groups is 1. The van der Waals surface area contributed by atoms with Crippen LogP contribution >= 0.6 is 0 Å². The van der Waals surface area contributed by atoms with E-state index in [2.05, 4.69) is 32.2 Å². The van der Waals surface area contributed by atoms with Crippen LogP contribution < -0.4 is 5.32 Å². The smallest absolute Gasteiger partial charge is 0.182 e. The highest BCUT2D eigenvalue weighted by molar-refractivity contribution is 5.81. The van der Waals surface area contributed by atoms with Crippen LogP contribution in [0.4, 0.5) is 5.82 Å². The Morgan fingerprint density at radius 1 is 1.44 bits per heavy atom. The van der Waals surface area contributed by atoms with Crippen molar-refractivity contribution in [2.75, 3.05) is 11.9 Å². The topological polar surface area (TPSA) is 86.7 Å². The third kappa shape index (κ3) is 2.11. The van der Waals surface area contributed by atoms with Gasteiger partial charge in [-0.05, 0) is 12.8 Å². The summed E-state index contributed by atoms with van der Waals surface area (Å²) in [5.74, 6) is 0.739. The molecule has 6 nitrogen and oxygen atoms in total. The van der Waals surface area contributed by atoms with Gasteiger partial charge in [0.2, 0.25) is 0 Å². The molecule has 6 heteroatoms. The van der Waals surface area contributed by atoms with Crippen molar-refractivity contribution in [3.63, 3.8) is 0 Å².